The van der Waals surface area contributed by atoms with Crippen molar-refractivity contribution in [1.29, 1.82) is 0 Å². The number of hydrogen-bond acceptors (Lipinski definition) is 6. The van der Waals surface area contributed by atoms with Crippen molar-refractivity contribution >= 4 is 23.3 Å². The molecule has 0 fully saturated rings. The van der Waals surface area contributed by atoms with Crippen molar-refractivity contribution in [1.82, 2.24) is 25.4 Å². The Hall–Kier alpha value is -2.83. The Morgan fingerprint density at radius 2 is 1.92 bits per heavy atom. The van der Waals surface area contributed by atoms with Crippen molar-refractivity contribution in [2.24, 2.45) is 4.99 Å². The minimum atomic E-state index is 0.573. The molecular formula is C19H17ClN6. The highest BCUT2D eigenvalue weighted by atomic mass is 35.5. The molecule has 0 aliphatic carbocycles. The lowest BCUT2D eigenvalue weighted by Crippen LogP contribution is -2.44. The average molecular weight is 365 g/mol. The lowest BCUT2D eigenvalue weighted by molar-refractivity contribution is 0.288. The van der Waals surface area contributed by atoms with Crippen LogP contribution in [0.3, 0.4) is 0 Å². The third-order valence-electron chi connectivity index (χ3n) is 4.05. The molecule has 0 bridgehead atoms. The van der Waals surface area contributed by atoms with Crippen molar-refractivity contribution in [3.8, 4) is 0 Å². The van der Waals surface area contributed by atoms with Gasteiger partial charge in [0.2, 0.25) is 0 Å². The summed E-state index contributed by atoms with van der Waals surface area (Å²) in [6, 6.07) is 9.82. The first kappa shape index (κ1) is 16.6. The Morgan fingerprint density at radius 1 is 1.12 bits per heavy atom. The van der Waals surface area contributed by atoms with E-state index in [1.54, 1.807) is 12.4 Å². The highest BCUT2D eigenvalue weighted by molar-refractivity contribution is 6.30. The molecule has 0 radical (unpaired) electrons. The molecule has 1 aliphatic rings. The van der Waals surface area contributed by atoms with Crippen LogP contribution in [0.1, 0.15) is 22.4 Å². The normalized spacial score (nSPS) is 13.3. The Labute approximate surface area is 156 Å². The number of hydrogen-bond donors (Lipinski definition) is 1. The van der Waals surface area contributed by atoms with Gasteiger partial charge in [0.1, 0.15) is 5.69 Å². The van der Waals surface area contributed by atoms with Crippen LogP contribution in [0.5, 0.6) is 0 Å². The lowest BCUT2D eigenvalue weighted by atomic mass is 10.1. The second-order valence-corrected chi connectivity index (χ2v) is 6.50. The summed E-state index contributed by atoms with van der Waals surface area (Å²) < 4.78 is 0. The van der Waals surface area contributed by atoms with E-state index in [1.165, 1.54) is 0 Å². The van der Waals surface area contributed by atoms with E-state index in [1.807, 2.05) is 48.6 Å². The van der Waals surface area contributed by atoms with E-state index in [2.05, 4.69) is 26.4 Å². The largest absolute Gasteiger partial charge is 0.285 e. The summed E-state index contributed by atoms with van der Waals surface area (Å²) in [6.07, 6.45) is 6.98. The van der Waals surface area contributed by atoms with E-state index < -0.39 is 0 Å². The fraction of sp³-hybridized carbons (Fsp3) is 0.158. The van der Waals surface area contributed by atoms with Gasteiger partial charge >= 0.3 is 0 Å². The third kappa shape index (κ3) is 3.56. The molecule has 7 heteroatoms. The van der Waals surface area contributed by atoms with Gasteiger partial charge in [-0.2, -0.15) is 0 Å². The number of nitrogens with one attached hydrogen (secondary N) is 1. The number of benzene rings is 1. The number of fused-ring (bicyclic) bond motifs is 1. The number of aryl methyl sites for hydroxylation is 1. The van der Waals surface area contributed by atoms with E-state index in [9.17, 15) is 0 Å². The van der Waals surface area contributed by atoms with Crippen LogP contribution < -0.4 is 5.43 Å². The molecule has 0 atom stereocenters. The Kier molecular flexibility index (Phi) is 4.60. The number of aromatic nitrogens is 3. The molecule has 0 saturated carbocycles. The number of hydrazine groups is 1. The van der Waals surface area contributed by atoms with E-state index >= 15 is 0 Å². The first-order valence-electron chi connectivity index (χ1n) is 8.25. The number of pyridine rings is 1. The smallest absolute Gasteiger partial charge is 0.177 e. The molecule has 1 N–H and O–H groups in total. The van der Waals surface area contributed by atoms with Crippen LogP contribution >= 0.6 is 11.6 Å². The van der Waals surface area contributed by atoms with Gasteiger partial charge in [0, 0.05) is 41.9 Å². The molecule has 6 nitrogen and oxygen atoms in total. The molecule has 130 valence electrons. The zero-order chi connectivity index (χ0) is 17.9. The number of rotatable bonds is 4. The molecule has 0 saturated heterocycles. The molecule has 2 aromatic heterocycles. The van der Waals surface area contributed by atoms with Gasteiger partial charge in [0.25, 0.3) is 0 Å². The van der Waals surface area contributed by atoms with E-state index in [0.717, 1.165) is 33.2 Å². The maximum absolute atomic E-state index is 5.96. The molecule has 3 heterocycles. The highest BCUT2D eigenvalue weighted by Gasteiger charge is 2.23. The number of amidine groups is 1. The van der Waals surface area contributed by atoms with Crippen LogP contribution in [0.4, 0.5) is 5.82 Å². The zero-order valence-corrected chi connectivity index (χ0v) is 15.0. The average Bonchev–Trinajstić information content (AvgIpc) is 2.67. The quantitative estimate of drug-likeness (QED) is 0.768. The summed E-state index contributed by atoms with van der Waals surface area (Å²) in [7, 11) is 0. The summed E-state index contributed by atoms with van der Waals surface area (Å²) >= 11 is 5.96. The number of halogens is 1. The van der Waals surface area contributed by atoms with Crippen molar-refractivity contribution in [3.05, 3.63) is 82.5 Å². The van der Waals surface area contributed by atoms with Crippen LogP contribution in [0.15, 0.2) is 60.1 Å². The highest BCUT2D eigenvalue weighted by Crippen LogP contribution is 2.23. The van der Waals surface area contributed by atoms with E-state index in [-0.39, 0.29) is 0 Å². The Bertz CT molecular complexity index is 954. The van der Waals surface area contributed by atoms with Crippen molar-refractivity contribution in [2.45, 2.75) is 20.0 Å². The maximum Gasteiger partial charge on any atom is 0.177 e. The Morgan fingerprint density at radius 3 is 2.73 bits per heavy atom. The lowest BCUT2D eigenvalue weighted by Gasteiger charge is -2.30. The standard InChI is InChI=1S/C19H17ClN6/c1-13-8-15(11-21-9-13)19-25-18-17(22-6-7-23-18)12-26(19)24-10-14-2-4-16(20)5-3-14/h2-9,11,24H,10,12H2,1H3. The SMILES string of the molecule is Cc1cncc(C2=Nc3nccnc3CN2NCc2ccc(Cl)cc2)c1. The van der Waals surface area contributed by atoms with Crippen molar-refractivity contribution in [2.75, 3.05) is 0 Å². The van der Waals surface area contributed by atoms with Crippen LogP contribution in [0.25, 0.3) is 0 Å². The zero-order valence-electron chi connectivity index (χ0n) is 14.2. The first-order valence-corrected chi connectivity index (χ1v) is 8.63. The minimum Gasteiger partial charge on any atom is -0.285 e. The summed E-state index contributed by atoms with van der Waals surface area (Å²) in [5, 5.41) is 2.71. The van der Waals surface area contributed by atoms with Gasteiger partial charge in [-0.15, -0.1) is 0 Å². The fourth-order valence-corrected chi connectivity index (χ4v) is 2.89. The predicted octanol–water partition coefficient (Wildman–Crippen LogP) is 3.43. The number of aliphatic imine (C=N–C) groups is 1. The summed E-state index contributed by atoms with van der Waals surface area (Å²) in [6.45, 7) is 3.23. The molecule has 0 amide bonds. The maximum atomic E-state index is 5.96. The van der Waals surface area contributed by atoms with Crippen LogP contribution in [0, 0.1) is 6.92 Å². The van der Waals surface area contributed by atoms with Gasteiger partial charge in [-0.3, -0.25) is 15.0 Å². The van der Waals surface area contributed by atoms with Gasteiger partial charge in [-0.05, 0) is 36.2 Å². The summed E-state index contributed by atoms with van der Waals surface area (Å²) in [5.41, 5.74) is 7.40. The third-order valence-corrected chi connectivity index (χ3v) is 4.30. The molecule has 1 aromatic carbocycles. The van der Waals surface area contributed by atoms with Gasteiger partial charge in [0.05, 0.1) is 6.54 Å². The molecule has 3 aromatic rings. The molecule has 26 heavy (non-hydrogen) atoms. The van der Waals surface area contributed by atoms with Crippen molar-refractivity contribution < 1.29 is 0 Å². The second kappa shape index (κ2) is 7.19. The molecule has 1 aliphatic heterocycles. The molecular weight excluding hydrogens is 348 g/mol. The van der Waals surface area contributed by atoms with Crippen LogP contribution in [0.2, 0.25) is 5.02 Å². The molecule has 4 rings (SSSR count). The molecule has 0 spiro atoms. The first-order chi connectivity index (χ1) is 12.7. The second-order valence-electron chi connectivity index (χ2n) is 6.06. The van der Waals surface area contributed by atoms with Gasteiger partial charge in [-0.1, -0.05) is 23.7 Å². The summed E-state index contributed by atoms with van der Waals surface area (Å²) in [5.74, 6) is 1.43. The predicted molar refractivity (Wildman–Crippen MR) is 101 cm³/mol. The van der Waals surface area contributed by atoms with E-state index in [0.29, 0.717) is 18.9 Å². The monoisotopic (exact) mass is 364 g/mol. The van der Waals surface area contributed by atoms with Gasteiger partial charge < -0.3 is 0 Å². The van der Waals surface area contributed by atoms with Crippen LogP contribution in [-0.2, 0) is 13.1 Å². The minimum absolute atomic E-state index is 0.573. The fourth-order valence-electron chi connectivity index (χ4n) is 2.77. The van der Waals surface area contributed by atoms with E-state index in [4.69, 9.17) is 16.6 Å². The summed E-state index contributed by atoms with van der Waals surface area (Å²) in [4.78, 5) is 17.7. The number of nitrogens with zero attached hydrogens (tertiary/aromatic N) is 5. The molecule has 0 unspecified atom stereocenters. The van der Waals surface area contributed by atoms with Gasteiger partial charge in [-0.25, -0.2) is 15.4 Å². The topological polar surface area (TPSA) is 66.3 Å². The van der Waals surface area contributed by atoms with Crippen LogP contribution in [-0.4, -0.2) is 25.8 Å². The van der Waals surface area contributed by atoms with Gasteiger partial charge in [0.15, 0.2) is 11.7 Å². The van der Waals surface area contributed by atoms with Crippen molar-refractivity contribution in [3.63, 3.8) is 0 Å². The Balaban J connectivity index is 1.64.